The summed E-state index contributed by atoms with van der Waals surface area (Å²) < 4.78 is 0. The summed E-state index contributed by atoms with van der Waals surface area (Å²) in [6.07, 6.45) is 12.5. The first-order valence-electron chi connectivity index (χ1n) is 8.15. The highest BCUT2D eigenvalue weighted by atomic mass is 16.2. The van der Waals surface area contributed by atoms with E-state index in [4.69, 9.17) is 0 Å². The molecule has 0 radical (unpaired) electrons. The van der Waals surface area contributed by atoms with E-state index in [9.17, 15) is 4.79 Å². The first-order chi connectivity index (χ1) is 9.22. The molecule has 1 aliphatic rings. The molecule has 0 spiro atoms. The van der Waals surface area contributed by atoms with E-state index in [-0.39, 0.29) is 0 Å². The minimum Gasteiger partial charge on any atom is -0.342 e. The van der Waals surface area contributed by atoms with Gasteiger partial charge in [-0.3, -0.25) is 4.79 Å². The molecule has 1 saturated carbocycles. The number of amides is 1. The van der Waals surface area contributed by atoms with E-state index in [1.807, 2.05) is 6.92 Å². The van der Waals surface area contributed by atoms with Crippen molar-refractivity contribution >= 4 is 5.91 Å². The van der Waals surface area contributed by atoms with E-state index >= 15 is 0 Å². The SMILES string of the molecule is CCC=CCCC1CC1CN(CCCC)C(=O)CC. The number of nitrogens with zero attached hydrogens (tertiary/aromatic N) is 1. The van der Waals surface area contributed by atoms with E-state index < -0.39 is 0 Å². The molecule has 0 N–H and O–H groups in total. The van der Waals surface area contributed by atoms with Crippen LogP contribution in [0.15, 0.2) is 12.2 Å². The number of hydrogen-bond acceptors (Lipinski definition) is 1. The second-order valence-corrected chi connectivity index (χ2v) is 5.76. The fourth-order valence-corrected chi connectivity index (χ4v) is 2.66. The van der Waals surface area contributed by atoms with Crippen molar-refractivity contribution in [3.05, 3.63) is 12.2 Å². The highest BCUT2D eigenvalue weighted by Crippen LogP contribution is 2.42. The molecule has 0 saturated heterocycles. The van der Waals surface area contributed by atoms with Crippen LogP contribution < -0.4 is 0 Å². The van der Waals surface area contributed by atoms with Crippen LogP contribution in [0.2, 0.25) is 0 Å². The van der Waals surface area contributed by atoms with Gasteiger partial charge >= 0.3 is 0 Å². The third-order valence-corrected chi connectivity index (χ3v) is 4.07. The Morgan fingerprint density at radius 3 is 2.63 bits per heavy atom. The first kappa shape index (κ1) is 16.3. The Morgan fingerprint density at radius 2 is 2.00 bits per heavy atom. The summed E-state index contributed by atoms with van der Waals surface area (Å²) in [4.78, 5) is 14.0. The highest BCUT2D eigenvalue weighted by Gasteiger charge is 2.37. The Labute approximate surface area is 119 Å². The lowest BCUT2D eigenvalue weighted by Crippen LogP contribution is -2.33. The van der Waals surface area contributed by atoms with Crippen LogP contribution in [0.3, 0.4) is 0 Å². The van der Waals surface area contributed by atoms with Gasteiger partial charge in [-0.15, -0.1) is 0 Å². The topological polar surface area (TPSA) is 20.3 Å². The number of carbonyl (C=O) groups is 1. The smallest absolute Gasteiger partial charge is 0.222 e. The number of carbonyl (C=O) groups excluding carboxylic acids is 1. The van der Waals surface area contributed by atoms with Gasteiger partial charge in [0.2, 0.25) is 5.91 Å². The van der Waals surface area contributed by atoms with Crippen LogP contribution in [0, 0.1) is 11.8 Å². The summed E-state index contributed by atoms with van der Waals surface area (Å²) in [5.41, 5.74) is 0. The van der Waals surface area contributed by atoms with Crippen molar-refractivity contribution in [3.63, 3.8) is 0 Å². The Hall–Kier alpha value is -0.790. The molecule has 2 nitrogen and oxygen atoms in total. The lowest BCUT2D eigenvalue weighted by atomic mass is 10.1. The fourth-order valence-electron chi connectivity index (χ4n) is 2.66. The summed E-state index contributed by atoms with van der Waals surface area (Å²) in [6.45, 7) is 8.31. The number of unbranched alkanes of at least 4 members (excludes halogenated alkanes) is 1. The Bertz CT molecular complexity index is 285. The van der Waals surface area contributed by atoms with Gasteiger partial charge < -0.3 is 4.90 Å². The van der Waals surface area contributed by atoms with Gasteiger partial charge in [0.15, 0.2) is 0 Å². The number of hydrogen-bond donors (Lipinski definition) is 0. The van der Waals surface area contributed by atoms with Crippen LogP contribution in [-0.2, 0) is 4.79 Å². The van der Waals surface area contributed by atoms with Crippen molar-refractivity contribution < 1.29 is 4.79 Å². The van der Waals surface area contributed by atoms with Gasteiger partial charge in [0.25, 0.3) is 0 Å². The minimum absolute atomic E-state index is 0.338. The normalized spacial score (nSPS) is 21.8. The summed E-state index contributed by atoms with van der Waals surface area (Å²) in [5.74, 6) is 1.99. The molecule has 2 unspecified atom stereocenters. The predicted octanol–water partition coefficient (Wildman–Crippen LogP) is 4.41. The second kappa shape index (κ2) is 9.17. The Morgan fingerprint density at radius 1 is 1.21 bits per heavy atom. The zero-order chi connectivity index (χ0) is 14.1. The molecule has 0 aromatic carbocycles. The first-order valence-corrected chi connectivity index (χ1v) is 8.15. The molecule has 110 valence electrons. The van der Waals surface area contributed by atoms with E-state index in [2.05, 4.69) is 30.9 Å². The largest absolute Gasteiger partial charge is 0.342 e. The van der Waals surface area contributed by atoms with Crippen molar-refractivity contribution in [2.24, 2.45) is 11.8 Å². The van der Waals surface area contributed by atoms with E-state index in [0.717, 1.165) is 37.8 Å². The maximum atomic E-state index is 11.9. The third-order valence-electron chi connectivity index (χ3n) is 4.07. The molecule has 0 bridgehead atoms. The van der Waals surface area contributed by atoms with Crippen molar-refractivity contribution in [1.82, 2.24) is 4.90 Å². The maximum absolute atomic E-state index is 11.9. The van der Waals surface area contributed by atoms with Crippen LogP contribution in [0.4, 0.5) is 0 Å². The lowest BCUT2D eigenvalue weighted by Gasteiger charge is -2.22. The Kier molecular flexibility index (Phi) is 7.85. The molecule has 0 aromatic heterocycles. The number of allylic oxidation sites excluding steroid dienone is 2. The quantitative estimate of drug-likeness (QED) is 0.536. The molecule has 1 fully saturated rings. The summed E-state index contributed by atoms with van der Waals surface area (Å²) in [5, 5.41) is 0. The Balaban J connectivity index is 2.24. The van der Waals surface area contributed by atoms with Gasteiger partial charge in [-0.1, -0.05) is 39.3 Å². The second-order valence-electron chi connectivity index (χ2n) is 5.76. The summed E-state index contributed by atoms with van der Waals surface area (Å²) >= 11 is 0. The minimum atomic E-state index is 0.338. The third kappa shape index (κ3) is 6.26. The molecule has 1 amide bonds. The molecule has 2 atom stereocenters. The van der Waals surface area contributed by atoms with Crippen molar-refractivity contribution in [2.45, 2.75) is 65.7 Å². The molecular formula is C17H31NO. The molecule has 0 aromatic rings. The zero-order valence-corrected chi connectivity index (χ0v) is 13.0. The van der Waals surface area contributed by atoms with Crippen LogP contribution >= 0.6 is 0 Å². The van der Waals surface area contributed by atoms with Gasteiger partial charge in [0.1, 0.15) is 0 Å². The van der Waals surface area contributed by atoms with Crippen LogP contribution in [0.25, 0.3) is 0 Å². The zero-order valence-electron chi connectivity index (χ0n) is 13.0. The lowest BCUT2D eigenvalue weighted by molar-refractivity contribution is -0.131. The van der Waals surface area contributed by atoms with Crippen LogP contribution in [-0.4, -0.2) is 23.9 Å². The molecule has 0 aliphatic heterocycles. The maximum Gasteiger partial charge on any atom is 0.222 e. The molecule has 0 heterocycles. The molecule has 19 heavy (non-hydrogen) atoms. The van der Waals surface area contributed by atoms with E-state index in [1.165, 1.54) is 25.7 Å². The monoisotopic (exact) mass is 265 g/mol. The van der Waals surface area contributed by atoms with Crippen LogP contribution in [0.1, 0.15) is 65.7 Å². The van der Waals surface area contributed by atoms with Crippen LogP contribution in [0.5, 0.6) is 0 Å². The number of rotatable bonds is 10. The fraction of sp³-hybridized carbons (Fsp3) is 0.824. The average Bonchev–Trinajstić information content (AvgIpc) is 3.17. The summed E-state index contributed by atoms with van der Waals surface area (Å²) in [7, 11) is 0. The highest BCUT2D eigenvalue weighted by molar-refractivity contribution is 5.75. The standard InChI is InChI=1S/C17H31NO/c1-4-7-9-10-11-15-13-16(15)14-18(12-8-5-2)17(19)6-3/h7,9,15-16H,4-6,8,10-14H2,1-3H3. The van der Waals surface area contributed by atoms with Gasteiger partial charge in [0, 0.05) is 19.5 Å². The summed E-state index contributed by atoms with van der Waals surface area (Å²) in [6, 6.07) is 0. The van der Waals surface area contributed by atoms with Crippen molar-refractivity contribution in [3.8, 4) is 0 Å². The average molecular weight is 265 g/mol. The van der Waals surface area contributed by atoms with Gasteiger partial charge in [-0.25, -0.2) is 0 Å². The van der Waals surface area contributed by atoms with E-state index in [1.54, 1.807) is 0 Å². The van der Waals surface area contributed by atoms with E-state index in [0.29, 0.717) is 12.3 Å². The molecule has 1 aliphatic carbocycles. The van der Waals surface area contributed by atoms with Gasteiger partial charge in [-0.05, 0) is 43.9 Å². The van der Waals surface area contributed by atoms with Gasteiger partial charge in [0.05, 0.1) is 0 Å². The molecule has 1 rings (SSSR count). The van der Waals surface area contributed by atoms with Crippen molar-refractivity contribution in [1.29, 1.82) is 0 Å². The van der Waals surface area contributed by atoms with Crippen molar-refractivity contribution in [2.75, 3.05) is 13.1 Å². The van der Waals surface area contributed by atoms with Gasteiger partial charge in [-0.2, -0.15) is 0 Å². The predicted molar refractivity (Wildman–Crippen MR) is 82.0 cm³/mol. The molecule has 2 heteroatoms. The molecular weight excluding hydrogens is 234 g/mol.